The van der Waals surface area contributed by atoms with Crippen molar-refractivity contribution in [3.8, 4) is 11.5 Å². The fourth-order valence-corrected chi connectivity index (χ4v) is 7.27. The van der Waals surface area contributed by atoms with Crippen molar-refractivity contribution in [2.45, 2.75) is 127 Å². The Balaban J connectivity index is 1.30. The van der Waals surface area contributed by atoms with Crippen molar-refractivity contribution < 1.29 is 29.9 Å². The Morgan fingerprint density at radius 1 is 0.481 bits per heavy atom. The zero-order chi connectivity index (χ0) is 37.9. The maximum absolute atomic E-state index is 12.1. The molecule has 6 nitrogen and oxygen atoms in total. The third-order valence-electron chi connectivity index (χ3n) is 10.3. The third kappa shape index (κ3) is 10.5. The Kier molecular flexibility index (Phi) is 14.5. The van der Waals surface area contributed by atoms with E-state index in [9.17, 15) is 20.4 Å². The Bertz CT molecular complexity index is 1530. The maximum Gasteiger partial charge on any atom is 0.123 e. The first-order valence-corrected chi connectivity index (χ1v) is 18.9. The summed E-state index contributed by atoms with van der Waals surface area (Å²) in [7, 11) is 1.70. The van der Waals surface area contributed by atoms with Crippen LogP contribution < -0.4 is 9.47 Å². The van der Waals surface area contributed by atoms with Gasteiger partial charge >= 0.3 is 0 Å². The summed E-state index contributed by atoms with van der Waals surface area (Å²) in [6.45, 7) is 13.2. The molecule has 4 aromatic carbocycles. The van der Waals surface area contributed by atoms with Gasteiger partial charge in [0.25, 0.3) is 0 Å². The van der Waals surface area contributed by atoms with Gasteiger partial charge in [0.2, 0.25) is 0 Å². The van der Waals surface area contributed by atoms with Crippen LogP contribution in [0.3, 0.4) is 0 Å². The molecular formula is C46H62O6. The minimum atomic E-state index is -0.820. The highest BCUT2D eigenvalue weighted by atomic mass is 16.5. The van der Waals surface area contributed by atoms with Crippen LogP contribution >= 0.6 is 0 Å². The summed E-state index contributed by atoms with van der Waals surface area (Å²) in [4.78, 5) is 0. The van der Waals surface area contributed by atoms with Crippen LogP contribution in [0.4, 0.5) is 0 Å². The van der Waals surface area contributed by atoms with E-state index in [-0.39, 0.29) is 10.8 Å². The molecule has 0 bridgehead atoms. The predicted molar refractivity (Wildman–Crippen MR) is 211 cm³/mol. The number of benzene rings is 4. The number of hydrogen-bond donors (Lipinski definition) is 4. The molecule has 52 heavy (non-hydrogen) atoms. The molecule has 4 rings (SSSR count). The quantitative estimate of drug-likeness (QED) is 0.0771. The van der Waals surface area contributed by atoms with E-state index >= 15 is 0 Å². The molecule has 0 saturated carbocycles. The lowest BCUT2D eigenvalue weighted by atomic mass is 9.64. The van der Waals surface area contributed by atoms with Crippen molar-refractivity contribution in [2.75, 3.05) is 13.7 Å². The van der Waals surface area contributed by atoms with Crippen molar-refractivity contribution in [3.63, 3.8) is 0 Å². The van der Waals surface area contributed by atoms with Crippen LogP contribution in [-0.2, 0) is 16.2 Å². The van der Waals surface area contributed by atoms with E-state index in [1.807, 2.05) is 54.6 Å². The van der Waals surface area contributed by atoms with E-state index in [0.29, 0.717) is 51.6 Å². The molecule has 4 atom stereocenters. The Morgan fingerprint density at radius 3 is 1.21 bits per heavy atom. The number of methoxy groups -OCH3 is 1. The second-order valence-electron chi connectivity index (χ2n) is 16.3. The van der Waals surface area contributed by atoms with Crippen molar-refractivity contribution in [2.24, 2.45) is 0 Å². The van der Waals surface area contributed by atoms with Gasteiger partial charge < -0.3 is 29.9 Å². The van der Waals surface area contributed by atoms with Gasteiger partial charge in [-0.25, -0.2) is 0 Å². The van der Waals surface area contributed by atoms with E-state index in [4.69, 9.17) is 9.47 Å². The zero-order valence-corrected chi connectivity index (χ0v) is 32.4. The van der Waals surface area contributed by atoms with E-state index in [1.165, 1.54) is 0 Å². The first-order chi connectivity index (χ1) is 24.7. The SMILES string of the molecule is COc1cc(C(C)(C)C)c(OCCC(O)CCC(O)CCC(O)CCC(O)C(c2ccccc2)(c2ccccc2)c2ccccc2)cc1C(C)(C)C. The number of ether oxygens (including phenoxy) is 2. The van der Waals surface area contributed by atoms with Gasteiger partial charge in [-0.1, -0.05) is 133 Å². The smallest absolute Gasteiger partial charge is 0.123 e. The number of aliphatic hydroxyl groups excluding tert-OH is 4. The Hall–Kier alpha value is -3.68. The molecule has 4 unspecified atom stereocenters. The fourth-order valence-electron chi connectivity index (χ4n) is 7.27. The number of aliphatic hydroxyl groups is 4. The highest BCUT2D eigenvalue weighted by molar-refractivity contribution is 5.53. The zero-order valence-electron chi connectivity index (χ0n) is 32.4. The third-order valence-corrected chi connectivity index (χ3v) is 10.3. The van der Waals surface area contributed by atoms with Gasteiger partial charge in [-0.05, 0) is 78.2 Å². The first kappa shape index (κ1) is 41.1. The summed E-state index contributed by atoms with van der Waals surface area (Å²) < 4.78 is 12.0. The molecule has 4 N–H and O–H groups in total. The van der Waals surface area contributed by atoms with Gasteiger partial charge in [0.05, 0.1) is 43.5 Å². The van der Waals surface area contributed by atoms with Crippen molar-refractivity contribution >= 4 is 0 Å². The van der Waals surface area contributed by atoms with Crippen molar-refractivity contribution in [1.82, 2.24) is 0 Å². The molecule has 0 aromatic heterocycles. The Morgan fingerprint density at radius 2 is 0.827 bits per heavy atom. The van der Waals surface area contributed by atoms with Gasteiger partial charge in [0.1, 0.15) is 11.5 Å². The van der Waals surface area contributed by atoms with Crippen LogP contribution in [0, 0.1) is 0 Å². The van der Waals surface area contributed by atoms with Gasteiger partial charge in [-0.3, -0.25) is 0 Å². The summed E-state index contributed by atoms with van der Waals surface area (Å²) in [6.07, 6.45) is 0.150. The lowest BCUT2D eigenvalue weighted by Crippen LogP contribution is -2.42. The van der Waals surface area contributed by atoms with Crippen LogP contribution in [0.1, 0.15) is 114 Å². The Labute approximate surface area is 312 Å². The number of rotatable bonds is 18. The van der Waals surface area contributed by atoms with Crippen LogP contribution in [0.25, 0.3) is 0 Å². The summed E-state index contributed by atoms with van der Waals surface area (Å²) in [6, 6.07) is 34.4. The van der Waals surface area contributed by atoms with E-state index in [0.717, 1.165) is 39.3 Å². The minimum Gasteiger partial charge on any atom is -0.496 e. The van der Waals surface area contributed by atoms with Gasteiger partial charge in [-0.2, -0.15) is 0 Å². The van der Waals surface area contributed by atoms with Crippen LogP contribution in [0.5, 0.6) is 11.5 Å². The molecule has 0 aliphatic heterocycles. The molecule has 0 spiro atoms. The molecule has 6 heteroatoms. The maximum atomic E-state index is 12.1. The average molecular weight is 711 g/mol. The lowest BCUT2D eigenvalue weighted by Gasteiger charge is -2.40. The molecule has 0 heterocycles. The molecule has 0 fully saturated rings. The average Bonchev–Trinajstić information content (AvgIpc) is 3.13. The normalized spacial score (nSPS) is 14.8. The summed E-state index contributed by atoms with van der Waals surface area (Å²) >= 11 is 0. The van der Waals surface area contributed by atoms with Gasteiger partial charge in [0.15, 0.2) is 0 Å². The molecule has 0 aliphatic carbocycles. The highest BCUT2D eigenvalue weighted by Gasteiger charge is 2.43. The first-order valence-electron chi connectivity index (χ1n) is 18.9. The molecule has 4 aromatic rings. The monoisotopic (exact) mass is 710 g/mol. The van der Waals surface area contributed by atoms with Crippen LogP contribution in [0.15, 0.2) is 103 Å². The van der Waals surface area contributed by atoms with Crippen molar-refractivity contribution in [3.05, 3.63) is 131 Å². The summed E-state index contributed by atoms with van der Waals surface area (Å²) in [5.41, 5.74) is 3.99. The van der Waals surface area contributed by atoms with E-state index < -0.39 is 29.8 Å². The molecular weight excluding hydrogens is 649 g/mol. The van der Waals surface area contributed by atoms with Gasteiger partial charge in [0, 0.05) is 17.5 Å². The predicted octanol–water partition coefficient (Wildman–Crippen LogP) is 8.88. The topological polar surface area (TPSA) is 99.4 Å². The second-order valence-corrected chi connectivity index (χ2v) is 16.3. The molecule has 0 amide bonds. The minimum absolute atomic E-state index is 0.125. The summed E-state index contributed by atoms with van der Waals surface area (Å²) in [5.74, 6) is 1.65. The van der Waals surface area contributed by atoms with Crippen LogP contribution in [-0.4, -0.2) is 58.6 Å². The molecule has 282 valence electrons. The molecule has 0 aliphatic rings. The lowest BCUT2D eigenvalue weighted by molar-refractivity contribution is 0.0627. The molecule has 0 saturated heterocycles. The molecule has 0 radical (unpaired) electrons. The highest BCUT2D eigenvalue weighted by Crippen LogP contribution is 2.44. The van der Waals surface area contributed by atoms with E-state index in [2.05, 4.69) is 90.1 Å². The van der Waals surface area contributed by atoms with Crippen molar-refractivity contribution in [1.29, 1.82) is 0 Å². The fraction of sp³-hybridized carbons (Fsp3) is 0.478. The van der Waals surface area contributed by atoms with E-state index in [1.54, 1.807) is 7.11 Å². The van der Waals surface area contributed by atoms with Crippen LogP contribution in [0.2, 0.25) is 0 Å². The second kappa shape index (κ2) is 18.4. The number of hydrogen-bond acceptors (Lipinski definition) is 6. The standard InChI is InChI=1S/C46H62O6/c1-44(2,3)39-32-42(40(45(4,5)6)31-41(39)51-7)52-30-29-38(49)26-25-36(47)23-24-37(48)27-28-43(50)46(33-17-11-8-12-18-33,34-19-13-9-14-20-34)35-21-15-10-16-22-35/h8-22,31-32,36-38,43,47-50H,23-30H2,1-7H3. The van der Waals surface area contributed by atoms with Gasteiger partial charge in [-0.15, -0.1) is 0 Å². The summed E-state index contributed by atoms with van der Waals surface area (Å²) in [5, 5.41) is 44.6. The largest absolute Gasteiger partial charge is 0.496 e.